The average molecular weight is 315 g/mol. The molecule has 114 valence electrons. The van der Waals surface area contributed by atoms with Crippen molar-refractivity contribution in [3.05, 3.63) is 0 Å². The molecule has 19 heavy (non-hydrogen) atoms. The predicted molar refractivity (Wildman–Crippen MR) is 79.8 cm³/mol. The van der Waals surface area contributed by atoms with Gasteiger partial charge in [0, 0.05) is 32.7 Å². The molecule has 1 fully saturated rings. The molecule has 8 heteroatoms. The van der Waals surface area contributed by atoms with Crippen LogP contribution in [0.1, 0.15) is 13.8 Å². The first kappa shape index (κ1) is 20.8. The predicted octanol–water partition coefficient (Wildman–Crippen LogP) is -0.542. The van der Waals surface area contributed by atoms with Crippen LogP contribution in [0.2, 0.25) is 0 Å². The minimum absolute atomic E-state index is 0. The maximum absolute atomic E-state index is 11.6. The molecule has 6 nitrogen and oxygen atoms in total. The number of carbonyl (C=O) groups excluding carboxylic acids is 2. The van der Waals surface area contributed by atoms with Crippen LogP contribution in [0.25, 0.3) is 0 Å². The van der Waals surface area contributed by atoms with Crippen molar-refractivity contribution in [3.8, 4) is 0 Å². The molecule has 0 aromatic rings. The first-order valence-corrected chi connectivity index (χ1v) is 6.08. The third-order valence-corrected chi connectivity index (χ3v) is 2.81. The number of hydrogen-bond acceptors (Lipinski definition) is 4. The molecular formula is C11H24Cl2N4O2. The molecule has 0 spiro atoms. The Balaban J connectivity index is 0. The minimum Gasteiger partial charge on any atom is -0.355 e. The van der Waals surface area contributed by atoms with Gasteiger partial charge in [-0.1, -0.05) is 0 Å². The maximum atomic E-state index is 11.6. The number of likely N-dealkylation sites (N-methyl/N-ethyl adjacent to an activating group) is 1. The summed E-state index contributed by atoms with van der Waals surface area (Å²) >= 11 is 0. The van der Waals surface area contributed by atoms with Crippen molar-refractivity contribution in [1.82, 2.24) is 15.1 Å². The lowest BCUT2D eigenvalue weighted by molar-refractivity contribution is -0.134. The summed E-state index contributed by atoms with van der Waals surface area (Å²) in [5, 5.41) is 2.76. The molecule has 0 radical (unpaired) electrons. The van der Waals surface area contributed by atoms with Crippen LogP contribution in [0.3, 0.4) is 0 Å². The van der Waals surface area contributed by atoms with E-state index in [1.807, 2.05) is 6.92 Å². The first-order valence-electron chi connectivity index (χ1n) is 6.08. The summed E-state index contributed by atoms with van der Waals surface area (Å²) in [6.07, 6.45) is 0. The van der Waals surface area contributed by atoms with Crippen LogP contribution >= 0.6 is 24.8 Å². The Hall–Kier alpha value is -0.560. The van der Waals surface area contributed by atoms with Gasteiger partial charge in [0.25, 0.3) is 0 Å². The van der Waals surface area contributed by atoms with E-state index >= 15 is 0 Å². The zero-order valence-electron chi connectivity index (χ0n) is 11.4. The summed E-state index contributed by atoms with van der Waals surface area (Å²) in [5.74, 6) is 0.0297. The number of amides is 2. The summed E-state index contributed by atoms with van der Waals surface area (Å²) in [4.78, 5) is 26.8. The van der Waals surface area contributed by atoms with Gasteiger partial charge in [-0.25, -0.2) is 0 Å². The number of hydrogen-bond donors (Lipinski definition) is 2. The van der Waals surface area contributed by atoms with Crippen molar-refractivity contribution in [3.63, 3.8) is 0 Å². The third-order valence-electron chi connectivity index (χ3n) is 2.81. The molecule has 0 unspecified atom stereocenters. The molecule has 1 rings (SSSR count). The van der Waals surface area contributed by atoms with Crippen LogP contribution in [0, 0.1) is 0 Å². The highest BCUT2D eigenvalue weighted by Gasteiger charge is 2.23. The van der Waals surface area contributed by atoms with Gasteiger partial charge in [-0.15, -0.1) is 24.8 Å². The normalized spacial score (nSPS) is 16.9. The third kappa shape index (κ3) is 6.96. The second kappa shape index (κ2) is 10.3. The van der Waals surface area contributed by atoms with E-state index in [0.29, 0.717) is 26.2 Å². The number of halogens is 2. The molecule has 1 heterocycles. The zero-order chi connectivity index (χ0) is 12.8. The Morgan fingerprint density at radius 3 is 2.16 bits per heavy atom. The second-order valence-corrected chi connectivity index (χ2v) is 4.34. The van der Waals surface area contributed by atoms with Gasteiger partial charge in [-0.3, -0.25) is 14.5 Å². The van der Waals surface area contributed by atoms with Crippen LogP contribution in [0.4, 0.5) is 0 Å². The molecule has 1 saturated heterocycles. The quantitative estimate of drug-likeness (QED) is 0.730. The van der Waals surface area contributed by atoms with Crippen LogP contribution in [0.5, 0.6) is 0 Å². The molecule has 1 aliphatic heterocycles. The van der Waals surface area contributed by atoms with Gasteiger partial charge in [-0.05, 0) is 13.8 Å². The molecule has 0 aromatic heterocycles. The minimum atomic E-state index is -0.440. The van der Waals surface area contributed by atoms with Gasteiger partial charge >= 0.3 is 0 Å². The molecule has 1 aliphatic rings. The van der Waals surface area contributed by atoms with Gasteiger partial charge in [0.2, 0.25) is 11.8 Å². The highest BCUT2D eigenvalue weighted by Crippen LogP contribution is 2.02. The summed E-state index contributed by atoms with van der Waals surface area (Å²) in [6.45, 7) is 7.43. The number of piperazine rings is 1. The van der Waals surface area contributed by atoms with Gasteiger partial charge in [0.15, 0.2) is 0 Å². The summed E-state index contributed by atoms with van der Waals surface area (Å²) < 4.78 is 0. The topological polar surface area (TPSA) is 78.7 Å². The van der Waals surface area contributed by atoms with Crippen molar-refractivity contribution in [2.24, 2.45) is 5.73 Å². The van der Waals surface area contributed by atoms with E-state index in [9.17, 15) is 9.59 Å². The number of rotatable bonds is 4. The van der Waals surface area contributed by atoms with Crippen LogP contribution in [-0.2, 0) is 9.59 Å². The van der Waals surface area contributed by atoms with E-state index < -0.39 is 6.04 Å². The van der Waals surface area contributed by atoms with Crippen LogP contribution in [-0.4, -0.2) is 66.9 Å². The fourth-order valence-electron chi connectivity index (χ4n) is 1.87. The monoisotopic (exact) mass is 314 g/mol. The lowest BCUT2D eigenvalue weighted by Crippen LogP contribution is -2.54. The molecular weight excluding hydrogens is 291 g/mol. The van der Waals surface area contributed by atoms with E-state index in [0.717, 1.165) is 13.1 Å². The van der Waals surface area contributed by atoms with Crippen molar-refractivity contribution in [1.29, 1.82) is 0 Å². The fourth-order valence-corrected chi connectivity index (χ4v) is 1.87. The number of nitrogens with two attached hydrogens (primary N) is 1. The molecule has 0 aliphatic carbocycles. The van der Waals surface area contributed by atoms with Crippen molar-refractivity contribution < 1.29 is 9.59 Å². The largest absolute Gasteiger partial charge is 0.355 e. The SMILES string of the molecule is CCNC(=O)CN1CCN(C(=O)[C@@H](C)N)CC1.Cl.Cl. The Morgan fingerprint density at radius 1 is 1.21 bits per heavy atom. The van der Waals surface area contributed by atoms with Crippen LogP contribution in [0.15, 0.2) is 0 Å². The number of nitrogens with one attached hydrogen (secondary N) is 1. The van der Waals surface area contributed by atoms with E-state index in [1.165, 1.54) is 0 Å². The maximum Gasteiger partial charge on any atom is 0.239 e. The van der Waals surface area contributed by atoms with Crippen molar-refractivity contribution >= 4 is 36.6 Å². The van der Waals surface area contributed by atoms with E-state index in [1.54, 1.807) is 11.8 Å². The van der Waals surface area contributed by atoms with Crippen molar-refractivity contribution in [2.75, 3.05) is 39.3 Å². The van der Waals surface area contributed by atoms with Gasteiger partial charge in [-0.2, -0.15) is 0 Å². The molecule has 0 aromatic carbocycles. The molecule has 0 saturated carbocycles. The van der Waals surface area contributed by atoms with Gasteiger partial charge in [0.05, 0.1) is 12.6 Å². The van der Waals surface area contributed by atoms with Crippen molar-refractivity contribution in [2.45, 2.75) is 19.9 Å². The molecule has 3 N–H and O–H groups in total. The Bertz CT molecular complexity index is 282. The second-order valence-electron chi connectivity index (χ2n) is 4.34. The van der Waals surface area contributed by atoms with Gasteiger partial charge < -0.3 is 16.0 Å². The Morgan fingerprint density at radius 2 is 1.74 bits per heavy atom. The fraction of sp³-hybridized carbons (Fsp3) is 0.818. The summed E-state index contributed by atoms with van der Waals surface area (Å²) in [7, 11) is 0. The van der Waals surface area contributed by atoms with E-state index in [2.05, 4.69) is 10.2 Å². The number of nitrogens with zero attached hydrogens (tertiary/aromatic N) is 2. The summed E-state index contributed by atoms with van der Waals surface area (Å²) in [6, 6.07) is -0.440. The molecule has 0 bridgehead atoms. The molecule has 2 amide bonds. The van der Waals surface area contributed by atoms with E-state index in [-0.39, 0.29) is 36.6 Å². The van der Waals surface area contributed by atoms with Crippen LogP contribution < -0.4 is 11.1 Å². The highest BCUT2D eigenvalue weighted by atomic mass is 35.5. The first-order chi connectivity index (χ1) is 8.04. The average Bonchev–Trinajstić information content (AvgIpc) is 2.29. The van der Waals surface area contributed by atoms with Gasteiger partial charge in [0.1, 0.15) is 0 Å². The Kier molecular flexibility index (Phi) is 11.2. The standard InChI is InChI=1S/C11H22N4O2.2ClH/c1-3-13-10(16)8-14-4-6-15(7-5-14)11(17)9(2)12;;/h9H,3-8,12H2,1-2H3,(H,13,16);2*1H/t9-;;/m1../s1. The zero-order valence-corrected chi connectivity index (χ0v) is 13.1. The Labute approximate surface area is 126 Å². The lowest BCUT2D eigenvalue weighted by atomic mass is 10.2. The summed E-state index contributed by atoms with van der Waals surface area (Å²) in [5.41, 5.74) is 5.55. The lowest BCUT2D eigenvalue weighted by Gasteiger charge is -2.35. The highest BCUT2D eigenvalue weighted by molar-refractivity contribution is 5.85. The smallest absolute Gasteiger partial charge is 0.239 e. The molecule has 1 atom stereocenters. The number of carbonyl (C=O) groups is 2. The van der Waals surface area contributed by atoms with E-state index in [4.69, 9.17) is 5.73 Å².